The first-order valence-corrected chi connectivity index (χ1v) is 8.80. The minimum atomic E-state index is 0.629. The molecule has 0 spiro atoms. The fourth-order valence-corrected chi connectivity index (χ4v) is 3.86. The van der Waals surface area contributed by atoms with Gasteiger partial charge in [0.1, 0.15) is 0 Å². The number of rotatable bonds is 5. The van der Waals surface area contributed by atoms with Crippen LogP contribution in [-0.2, 0) is 6.42 Å². The second-order valence-corrected chi connectivity index (χ2v) is 6.91. The Morgan fingerprint density at radius 2 is 2.00 bits per heavy atom. The number of hydrogen-bond donors (Lipinski definition) is 1. The average molecular weight is 304 g/mol. The third-order valence-electron chi connectivity index (χ3n) is 4.11. The lowest BCUT2D eigenvalue weighted by Gasteiger charge is -2.24. The molecular weight excluding hydrogens is 280 g/mol. The molecule has 0 bridgehead atoms. The van der Waals surface area contributed by atoms with E-state index in [1.54, 1.807) is 11.3 Å². The lowest BCUT2D eigenvalue weighted by Crippen LogP contribution is -2.16. The van der Waals surface area contributed by atoms with Gasteiger partial charge >= 0.3 is 0 Å². The van der Waals surface area contributed by atoms with E-state index in [-0.39, 0.29) is 0 Å². The molecule has 0 amide bonds. The van der Waals surface area contributed by atoms with Crippen LogP contribution in [0.5, 0.6) is 0 Å². The molecule has 1 N–H and O–H groups in total. The third-order valence-corrected chi connectivity index (χ3v) is 5.14. The van der Waals surface area contributed by atoms with E-state index in [4.69, 9.17) is 0 Å². The van der Waals surface area contributed by atoms with Gasteiger partial charge in [-0.25, -0.2) is 9.97 Å². The molecule has 1 aliphatic carbocycles. The van der Waals surface area contributed by atoms with Crippen molar-refractivity contribution in [1.82, 2.24) is 14.5 Å². The molecule has 0 unspecified atom stereocenters. The fourth-order valence-electron chi connectivity index (χ4n) is 3.08. The van der Waals surface area contributed by atoms with Crippen molar-refractivity contribution < 1.29 is 0 Å². The highest BCUT2D eigenvalue weighted by atomic mass is 32.1. The molecule has 2 aromatic rings. The number of aryl methyl sites for hydroxylation is 2. The number of imidazole rings is 1. The Kier molecular flexibility index (Phi) is 4.58. The van der Waals surface area contributed by atoms with Crippen molar-refractivity contribution in [2.75, 3.05) is 11.9 Å². The molecule has 4 nitrogen and oxygen atoms in total. The smallest absolute Gasteiger partial charge is 0.203 e. The van der Waals surface area contributed by atoms with Crippen LogP contribution in [0.3, 0.4) is 0 Å². The minimum absolute atomic E-state index is 0.629. The summed E-state index contributed by atoms with van der Waals surface area (Å²) >= 11 is 1.74. The van der Waals surface area contributed by atoms with Crippen molar-refractivity contribution in [1.29, 1.82) is 0 Å². The zero-order valence-electron chi connectivity index (χ0n) is 12.9. The molecule has 114 valence electrons. The molecule has 0 radical (unpaired) electrons. The van der Waals surface area contributed by atoms with Crippen LogP contribution in [0, 0.1) is 13.8 Å². The Labute approximate surface area is 130 Å². The Morgan fingerprint density at radius 3 is 2.71 bits per heavy atom. The highest BCUT2D eigenvalue weighted by Crippen LogP contribution is 2.30. The third kappa shape index (κ3) is 3.64. The minimum Gasteiger partial charge on any atom is -0.355 e. The van der Waals surface area contributed by atoms with E-state index in [9.17, 15) is 0 Å². The number of nitrogens with one attached hydrogen (secondary N) is 1. The van der Waals surface area contributed by atoms with Crippen molar-refractivity contribution in [3.8, 4) is 0 Å². The Hall–Kier alpha value is -1.36. The molecule has 3 rings (SSSR count). The molecule has 2 aromatic heterocycles. The van der Waals surface area contributed by atoms with E-state index < -0.39 is 0 Å². The largest absolute Gasteiger partial charge is 0.355 e. The first-order valence-electron chi connectivity index (χ1n) is 7.93. The maximum Gasteiger partial charge on any atom is 0.203 e. The van der Waals surface area contributed by atoms with E-state index in [0.29, 0.717) is 6.04 Å². The number of aromatic nitrogens is 3. The van der Waals surface area contributed by atoms with Crippen LogP contribution in [0.15, 0.2) is 11.6 Å². The van der Waals surface area contributed by atoms with Gasteiger partial charge in [-0.2, -0.15) is 0 Å². The molecule has 0 saturated heterocycles. The van der Waals surface area contributed by atoms with Crippen LogP contribution >= 0.6 is 11.3 Å². The molecule has 0 atom stereocenters. The van der Waals surface area contributed by atoms with Gasteiger partial charge in [-0.15, -0.1) is 11.3 Å². The lowest BCUT2D eigenvalue weighted by molar-refractivity contribution is 0.355. The van der Waals surface area contributed by atoms with Gasteiger partial charge in [-0.3, -0.25) is 0 Å². The maximum absolute atomic E-state index is 4.66. The maximum atomic E-state index is 4.66. The Morgan fingerprint density at radius 1 is 1.19 bits per heavy atom. The van der Waals surface area contributed by atoms with E-state index in [2.05, 4.69) is 38.4 Å². The predicted molar refractivity (Wildman–Crippen MR) is 88.1 cm³/mol. The molecule has 21 heavy (non-hydrogen) atoms. The van der Waals surface area contributed by atoms with Gasteiger partial charge in [-0.05, 0) is 26.7 Å². The van der Waals surface area contributed by atoms with Crippen molar-refractivity contribution in [3.63, 3.8) is 0 Å². The zero-order chi connectivity index (χ0) is 14.7. The summed E-state index contributed by atoms with van der Waals surface area (Å²) < 4.78 is 2.36. The highest BCUT2D eigenvalue weighted by molar-refractivity contribution is 7.09. The Bertz CT molecular complexity index is 581. The highest BCUT2D eigenvalue weighted by Gasteiger charge is 2.18. The summed E-state index contributed by atoms with van der Waals surface area (Å²) in [6, 6.07) is 0.629. The SMILES string of the molecule is Cc1csc(CCNc2nc(C)cn2C2CCCCC2)n1. The molecule has 2 heterocycles. The van der Waals surface area contributed by atoms with Gasteiger partial charge in [0.25, 0.3) is 0 Å². The van der Waals surface area contributed by atoms with Crippen LogP contribution in [0.1, 0.15) is 54.5 Å². The van der Waals surface area contributed by atoms with E-state index in [0.717, 1.165) is 30.3 Å². The summed E-state index contributed by atoms with van der Waals surface area (Å²) in [5, 5.41) is 6.82. The normalized spacial score (nSPS) is 16.3. The molecule has 0 aromatic carbocycles. The first kappa shape index (κ1) is 14.6. The molecule has 1 saturated carbocycles. The van der Waals surface area contributed by atoms with Crippen molar-refractivity contribution in [3.05, 3.63) is 28.0 Å². The summed E-state index contributed by atoms with van der Waals surface area (Å²) in [5.74, 6) is 1.03. The quantitative estimate of drug-likeness (QED) is 0.903. The number of anilines is 1. The van der Waals surface area contributed by atoms with Crippen molar-refractivity contribution >= 4 is 17.3 Å². The summed E-state index contributed by atoms with van der Waals surface area (Å²) in [5.41, 5.74) is 2.22. The van der Waals surface area contributed by atoms with Crippen LogP contribution in [0.4, 0.5) is 5.95 Å². The van der Waals surface area contributed by atoms with E-state index >= 15 is 0 Å². The number of thiazole rings is 1. The molecule has 1 fully saturated rings. The van der Waals surface area contributed by atoms with Crippen LogP contribution in [0.2, 0.25) is 0 Å². The monoisotopic (exact) mass is 304 g/mol. The van der Waals surface area contributed by atoms with E-state index in [1.165, 1.54) is 37.1 Å². The van der Waals surface area contributed by atoms with Gasteiger partial charge in [-0.1, -0.05) is 19.3 Å². The van der Waals surface area contributed by atoms with E-state index in [1.807, 2.05) is 6.92 Å². The predicted octanol–water partition coefficient (Wildman–Crippen LogP) is 4.12. The zero-order valence-corrected chi connectivity index (χ0v) is 13.7. The fraction of sp³-hybridized carbons (Fsp3) is 0.625. The molecule has 1 aliphatic rings. The van der Waals surface area contributed by atoms with Gasteiger partial charge in [0, 0.05) is 36.3 Å². The topological polar surface area (TPSA) is 42.7 Å². The summed E-state index contributed by atoms with van der Waals surface area (Å²) in [6.07, 6.45) is 9.82. The first-order chi connectivity index (χ1) is 10.2. The summed E-state index contributed by atoms with van der Waals surface area (Å²) in [6.45, 7) is 5.03. The van der Waals surface area contributed by atoms with Crippen molar-refractivity contribution in [2.45, 2.75) is 58.4 Å². The molecular formula is C16H24N4S. The van der Waals surface area contributed by atoms with Crippen molar-refractivity contribution in [2.24, 2.45) is 0 Å². The Balaban J connectivity index is 1.61. The number of hydrogen-bond acceptors (Lipinski definition) is 4. The average Bonchev–Trinajstić information content (AvgIpc) is 3.06. The van der Waals surface area contributed by atoms with Crippen LogP contribution < -0.4 is 5.32 Å². The van der Waals surface area contributed by atoms with Crippen LogP contribution in [-0.4, -0.2) is 21.1 Å². The number of nitrogens with zero attached hydrogens (tertiary/aromatic N) is 3. The van der Waals surface area contributed by atoms with Gasteiger partial charge in [0.05, 0.1) is 10.7 Å². The van der Waals surface area contributed by atoms with Gasteiger partial charge in [0.15, 0.2) is 0 Å². The summed E-state index contributed by atoms with van der Waals surface area (Å²) in [7, 11) is 0. The molecule has 5 heteroatoms. The second kappa shape index (κ2) is 6.60. The van der Waals surface area contributed by atoms with Crippen LogP contribution in [0.25, 0.3) is 0 Å². The molecule has 0 aliphatic heterocycles. The van der Waals surface area contributed by atoms with Gasteiger partial charge in [0.2, 0.25) is 5.95 Å². The second-order valence-electron chi connectivity index (χ2n) is 5.96. The standard InChI is InChI=1S/C16H24N4S/c1-12-10-20(14-6-4-3-5-7-14)16(19-12)17-9-8-15-18-13(2)11-21-15/h10-11,14H,3-9H2,1-2H3,(H,17,19). The van der Waals surface area contributed by atoms with Gasteiger partial charge < -0.3 is 9.88 Å². The lowest BCUT2D eigenvalue weighted by atomic mass is 9.95. The summed E-state index contributed by atoms with van der Waals surface area (Å²) in [4.78, 5) is 9.17.